The number of hydrogen-bond acceptors (Lipinski definition) is 4. The maximum absolute atomic E-state index is 13.6. The first-order valence-electron chi connectivity index (χ1n) is 14.5. The van der Waals surface area contributed by atoms with Crippen LogP contribution in [0.15, 0.2) is 73.1 Å². The molecular weight excluding hydrogens is 524 g/mol. The average Bonchev–Trinajstić information content (AvgIpc) is 3.55. The highest BCUT2D eigenvalue weighted by Gasteiger charge is 2.23. The Labute approximate surface area is 247 Å². The highest BCUT2D eigenvalue weighted by atomic mass is 32.1. The monoisotopic (exact) mass is 564 g/mol. The number of rotatable bonds is 10. The molecule has 0 unspecified atom stereocenters. The number of aryl methyl sites for hydroxylation is 2. The number of amides is 1. The minimum Gasteiger partial charge on any atom is -0.354 e. The van der Waals surface area contributed by atoms with E-state index in [1.54, 1.807) is 17.5 Å². The Morgan fingerprint density at radius 1 is 0.951 bits per heavy atom. The first-order chi connectivity index (χ1) is 19.7. The fourth-order valence-electron chi connectivity index (χ4n) is 5.78. The van der Waals surface area contributed by atoms with Crippen LogP contribution in [0.25, 0.3) is 32.6 Å². The van der Waals surface area contributed by atoms with Crippen molar-refractivity contribution in [2.75, 3.05) is 6.54 Å². The van der Waals surface area contributed by atoms with Gasteiger partial charge in [0.15, 0.2) is 0 Å². The molecule has 5 rings (SSSR count). The van der Waals surface area contributed by atoms with E-state index in [2.05, 4.69) is 105 Å². The Morgan fingerprint density at radius 2 is 1.71 bits per heavy atom. The molecule has 1 amide bonds. The van der Waals surface area contributed by atoms with Crippen LogP contribution in [0.4, 0.5) is 0 Å². The summed E-state index contributed by atoms with van der Waals surface area (Å²) in [5, 5.41) is 4.78. The molecule has 0 aliphatic rings. The fourth-order valence-corrected chi connectivity index (χ4v) is 6.75. The summed E-state index contributed by atoms with van der Waals surface area (Å²) in [4.78, 5) is 26.0. The third-order valence-electron chi connectivity index (χ3n) is 7.47. The van der Waals surface area contributed by atoms with Crippen molar-refractivity contribution in [3.63, 3.8) is 0 Å². The van der Waals surface area contributed by atoms with Gasteiger partial charge in [-0.25, -0.2) is 0 Å². The lowest BCUT2D eigenvalue weighted by molar-refractivity contribution is 0.0644. The molecule has 3 aromatic heterocycles. The van der Waals surface area contributed by atoms with E-state index in [1.165, 1.54) is 32.0 Å². The number of aromatic nitrogens is 2. The molecule has 0 spiro atoms. The van der Waals surface area contributed by atoms with Gasteiger partial charge in [-0.1, -0.05) is 23.3 Å². The van der Waals surface area contributed by atoms with Crippen LogP contribution in [0.1, 0.15) is 59.6 Å². The summed E-state index contributed by atoms with van der Waals surface area (Å²) < 4.78 is 0. The number of benzene rings is 2. The molecule has 41 heavy (non-hydrogen) atoms. The smallest absolute Gasteiger partial charge is 0.254 e. The number of aromatic amines is 1. The molecule has 3 heterocycles. The summed E-state index contributed by atoms with van der Waals surface area (Å²) in [6.45, 7) is 14.2. The van der Waals surface area contributed by atoms with Crippen LogP contribution in [-0.4, -0.2) is 39.4 Å². The fraction of sp³-hybridized carbons (Fsp3) is 0.314. The minimum absolute atomic E-state index is 0.0808. The van der Waals surface area contributed by atoms with Crippen LogP contribution in [0.3, 0.4) is 0 Å². The molecule has 5 nitrogen and oxygen atoms in total. The molecular formula is C35H40N4OS. The molecule has 0 atom stereocenters. The molecule has 212 valence electrons. The Bertz CT molecular complexity index is 1620. The standard InChI is InChI=1S/C35H40N4OS/c1-22(2)39(23(3)4)35(40)26-9-11-32-31(19-26)30(34(38-32)28-17-24(5)16-25(6)18-28)13-15-37-21-29-10-12-33(41-29)27-8-7-14-36-20-27/h7-12,14,16-20,22-23,37-38H,13,15,21H2,1-6H3. The Balaban J connectivity index is 1.42. The molecule has 5 aromatic rings. The average molecular weight is 565 g/mol. The lowest BCUT2D eigenvalue weighted by Crippen LogP contribution is -2.42. The molecule has 0 bridgehead atoms. The molecule has 2 aromatic carbocycles. The summed E-state index contributed by atoms with van der Waals surface area (Å²) in [6.07, 6.45) is 4.56. The molecule has 0 aliphatic heterocycles. The van der Waals surface area contributed by atoms with Crippen molar-refractivity contribution in [1.29, 1.82) is 0 Å². The largest absolute Gasteiger partial charge is 0.354 e. The normalized spacial score (nSPS) is 11.6. The second-order valence-electron chi connectivity index (χ2n) is 11.4. The van der Waals surface area contributed by atoms with Crippen molar-refractivity contribution in [2.45, 2.75) is 66.6 Å². The van der Waals surface area contributed by atoms with E-state index in [0.29, 0.717) is 0 Å². The predicted octanol–water partition coefficient (Wildman–Crippen LogP) is 8.17. The van der Waals surface area contributed by atoms with Gasteiger partial charge in [0.1, 0.15) is 0 Å². The number of H-pyrrole nitrogens is 1. The molecule has 2 N–H and O–H groups in total. The van der Waals surface area contributed by atoms with E-state index < -0.39 is 0 Å². The zero-order chi connectivity index (χ0) is 29.1. The van der Waals surface area contributed by atoms with Crippen molar-refractivity contribution in [3.05, 3.63) is 100 Å². The van der Waals surface area contributed by atoms with Gasteiger partial charge < -0.3 is 15.2 Å². The van der Waals surface area contributed by atoms with E-state index in [4.69, 9.17) is 0 Å². The lowest BCUT2D eigenvalue weighted by Gasteiger charge is -2.30. The number of carbonyl (C=O) groups excluding carboxylic acids is 1. The number of hydrogen-bond donors (Lipinski definition) is 2. The third-order valence-corrected chi connectivity index (χ3v) is 8.60. The number of pyridine rings is 1. The van der Waals surface area contributed by atoms with Crippen molar-refractivity contribution in [1.82, 2.24) is 20.2 Å². The van der Waals surface area contributed by atoms with Crippen LogP contribution in [-0.2, 0) is 13.0 Å². The van der Waals surface area contributed by atoms with Crippen molar-refractivity contribution in [2.24, 2.45) is 0 Å². The third kappa shape index (κ3) is 6.45. The van der Waals surface area contributed by atoms with Gasteiger partial charge >= 0.3 is 0 Å². The molecule has 0 saturated carbocycles. The molecule has 6 heteroatoms. The van der Waals surface area contributed by atoms with E-state index in [0.717, 1.165) is 47.2 Å². The van der Waals surface area contributed by atoms with Crippen LogP contribution >= 0.6 is 11.3 Å². The summed E-state index contributed by atoms with van der Waals surface area (Å²) in [5.41, 5.74) is 9.00. The molecule has 0 aliphatic carbocycles. The van der Waals surface area contributed by atoms with E-state index in [1.807, 2.05) is 23.2 Å². The van der Waals surface area contributed by atoms with Gasteiger partial charge in [-0.15, -0.1) is 11.3 Å². The minimum atomic E-state index is 0.0808. The summed E-state index contributed by atoms with van der Waals surface area (Å²) in [7, 11) is 0. The zero-order valence-corrected chi connectivity index (χ0v) is 25.7. The topological polar surface area (TPSA) is 61.0 Å². The number of fused-ring (bicyclic) bond motifs is 1. The Morgan fingerprint density at radius 3 is 2.39 bits per heavy atom. The summed E-state index contributed by atoms with van der Waals surface area (Å²) in [5.74, 6) is 0.0808. The van der Waals surface area contributed by atoms with Crippen molar-refractivity contribution < 1.29 is 4.79 Å². The van der Waals surface area contributed by atoms with Gasteiger partial charge in [0.25, 0.3) is 5.91 Å². The van der Waals surface area contributed by atoms with Gasteiger partial charge in [-0.2, -0.15) is 0 Å². The van der Waals surface area contributed by atoms with Crippen molar-refractivity contribution >= 4 is 28.1 Å². The Kier molecular flexibility index (Phi) is 8.71. The van der Waals surface area contributed by atoms with E-state index in [-0.39, 0.29) is 18.0 Å². The van der Waals surface area contributed by atoms with Crippen LogP contribution in [0.5, 0.6) is 0 Å². The molecule has 0 saturated heterocycles. The second kappa shape index (κ2) is 12.4. The Hall–Kier alpha value is -3.74. The van der Waals surface area contributed by atoms with Crippen LogP contribution in [0.2, 0.25) is 0 Å². The lowest BCUT2D eigenvalue weighted by atomic mass is 9.98. The quantitative estimate of drug-likeness (QED) is 0.168. The first kappa shape index (κ1) is 28.8. The predicted molar refractivity (Wildman–Crippen MR) is 173 cm³/mol. The van der Waals surface area contributed by atoms with Crippen LogP contribution < -0.4 is 5.32 Å². The SMILES string of the molecule is Cc1cc(C)cc(-c2[nH]c3ccc(C(=O)N(C(C)C)C(C)C)cc3c2CCNCc2ccc(-c3cccnc3)s2)c1. The van der Waals surface area contributed by atoms with Gasteiger partial charge in [0, 0.05) is 68.5 Å². The number of nitrogens with zero attached hydrogens (tertiary/aromatic N) is 2. The van der Waals surface area contributed by atoms with Crippen molar-refractivity contribution in [3.8, 4) is 21.7 Å². The second-order valence-corrected chi connectivity index (χ2v) is 12.6. The molecule has 0 radical (unpaired) electrons. The number of carbonyl (C=O) groups is 1. The number of nitrogens with one attached hydrogen (secondary N) is 2. The van der Waals surface area contributed by atoms with Gasteiger partial charge in [0.05, 0.1) is 0 Å². The maximum Gasteiger partial charge on any atom is 0.254 e. The van der Waals surface area contributed by atoms with Gasteiger partial charge in [0.2, 0.25) is 0 Å². The van der Waals surface area contributed by atoms with Crippen LogP contribution in [0, 0.1) is 13.8 Å². The summed E-state index contributed by atoms with van der Waals surface area (Å²) >= 11 is 1.80. The van der Waals surface area contributed by atoms with Gasteiger partial charge in [-0.3, -0.25) is 9.78 Å². The highest BCUT2D eigenvalue weighted by molar-refractivity contribution is 7.15. The zero-order valence-electron chi connectivity index (χ0n) is 24.9. The number of thiophene rings is 1. The maximum atomic E-state index is 13.6. The summed E-state index contributed by atoms with van der Waals surface area (Å²) in [6, 6.07) is 21.5. The van der Waals surface area contributed by atoms with Gasteiger partial charge in [-0.05, 0) is 114 Å². The van der Waals surface area contributed by atoms with E-state index in [9.17, 15) is 4.79 Å². The highest BCUT2D eigenvalue weighted by Crippen LogP contribution is 2.33. The molecule has 0 fully saturated rings. The first-order valence-corrected chi connectivity index (χ1v) is 15.3. The van der Waals surface area contributed by atoms with E-state index >= 15 is 0 Å².